The van der Waals surface area contributed by atoms with Crippen molar-refractivity contribution >= 4 is 21.8 Å². The molecule has 0 radical (unpaired) electrons. The molecular weight excluding hydrogens is 456 g/mol. The molecule has 2 aromatic carbocycles. The highest BCUT2D eigenvalue weighted by Gasteiger charge is 2.27. The van der Waals surface area contributed by atoms with Crippen molar-refractivity contribution in [1.29, 1.82) is 0 Å². The predicted molar refractivity (Wildman–Crippen MR) is 116 cm³/mol. The second-order valence-electron chi connectivity index (χ2n) is 7.82. The van der Waals surface area contributed by atoms with E-state index in [1.807, 2.05) is 0 Å². The number of esters is 1. The first-order valence-electron chi connectivity index (χ1n) is 10.5. The molecular formula is C23H25F2NO6S. The van der Waals surface area contributed by atoms with Crippen molar-refractivity contribution in [3.8, 4) is 5.75 Å². The average molecular weight is 482 g/mol. The summed E-state index contributed by atoms with van der Waals surface area (Å²) in [6, 6.07) is 8.30. The van der Waals surface area contributed by atoms with Gasteiger partial charge in [0.1, 0.15) is 5.75 Å². The normalized spacial score (nSPS) is 14.8. The van der Waals surface area contributed by atoms with E-state index in [2.05, 4.69) is 4.74 Å². The van der Waals surface area contributed by atoms with Crippen LogP contribution in [0.15, 0.2) is 41.3 Å². The minimum Gasteiger partial charge on any atom is -0.454 e. The zero-order chi connectivity index (χ0) is 24.2. The lowest BCUT2D eigenvalue weighted by Crippen LogP contribution is -2.35. The Bertz CT molecular complexity index is 1140. The number of sulfonamides is 1. The van der Waals surface area contributed by atoms with E-state index in [1.165, 1.54) is 40.7 Å². The van der Waals surface area contributed by atoms with Crippen molar-refractivity contribution in [3.05, 3.63) is 58.7 Å². The zero-order valence-electron chi connectivity index (χ0n) is 18.3. The maximum Gasteiger partial charge on any atom is 0.387 e. The van der Waals surface area contributed by atoms with E-state index in [0.29, 0.717) is 24.2 Å². The highest BCUT2D eigenvalue weighted by molar-refractivity contribution is 7.89. The minimum atomic E-state index is -3.76. The Hall–Kier alpha value is -2.85. The smallest absolute Gasteiger partial charge is 0.387 e. The molecule has 0 bridgehead atoms. The third-order valence-corrected chi connectivity index (χ3v) is 7.26. The Balaban J connectivity index is 1.77. The summed E-state index contributed by atoms with van der Waals surface area (Å²) in [4.78, 5) is 25.2. The summed E-state index contributed by atoms with van der Waals surface area (Å²) in [6.45, 7) is 0.296. The van der Waals surface area contributed by atoms with Crippen LogP contribution in [0.1, 0.15) is 51.1 Å². The van der Waals surface area contributed by atoms with Gasteiger partial charge in [0.05, 0.1) is 16.0 Å². The van der Waals surface area contributed by atoms with E-state index in [4.69, 9.17) is 4.74 Å². The number of ether oxygens (including phenoxy) is 2. The molecule has 7 nitrogen and oxygen atoms in total. The minimum absolute atomic E-state index is 0.00850. The first-order valence-corrected chi connectivity index (χ1v) is 11.9. The fourth-order valence-electron chi connectivity index (χ4n) is 3.58. The Labute approximate surface area is 191 Å². The highest BCUT2D eigenvalue weighted by atomic mass is 32.2. The molecule has 0 aromatic heterocycles. The quantitative estimate of drug-likeness (QED) is 0.416. The molecule has 0 aliphatic carbocycles. The molecule has 0 spiro atoms. The Morgan fingerprint density at radius 2 is 1.70 bits per heavy atom. The number of rotatable bonds is 8. The maximum atomic E-state index is 12.9. The molecule has 2 aromatic rings. The Morgan fingerprint density at radius 3 is 2.36 bits per heavy atom. The first-order chi connectivity index (χ1) is 15.6. The lowest BCUT2D eigenvalue weighted by atomic mass is 10.1. The largest absolute Gasteiger partial charge is 0.454 e. The standard InChI is InChI=1S/C23H25F2NO6S/c1-15-6-9-21(32-23(24)25)19(12-15)20(27)14-31-22(28)18-13-17(8-7-16(18)2)33(29,30)26-10-4-3-5-11-26/h6-9,12-13,23H,3-5,10-11,14H2,1-2H3. The number of Topliss-reactive ketones (excluding diaryl/α,β-unsaturated/α-hetero) is 1. The fourth-order valence-corrected chi connectivity index (χ4v) is 5.13. The topological polar surface area (TPSA) is 90.0 Å². The van der Waals surface area contributed by atoms with E-state index in [0.717, 1.165) is 19.3 Å². The number of carbonyl (C=O) groups is 2. The van der Waals surface area contributed by atoms with Crippen LogP contribution < -0.4 is 4.74 Å². The summed E-state index contributed by atoms with van der Waals surface area (Å²) in [6.07, 6.45) is 2.52. The average Bonchev–Trinajstić information content (AvgIpc) is 2.78. The van der Waals surface area contributed by atoms with Gasteiger partial charge in [0.2, 0.25) is 15.8 Å². The van der Waals surface area contributed by atoms with Crippen LogP contribution >= 0.6 is 0 Å². The monoisotopic (exact) mass is 481 g/mol. The van der Waals surface area contributed by atoms with Crippen LogP contribution in [-0.2, 0) is 14.8 Å². The van der Waals surface area contributed by atoms with Crippen LogP contribution in [-0.4, -0.2) is 50.8 Å². The summed E-state index contributed by atoms with van der Waals surface area (Å²) in [5, 5.41) is 0. The lowest BCUT2D eigenvalue weighted by Gasteiger charge is -2.26. The van der Waals surface area contributed by atoms with Gasteiger partial charge in [-0.05, 0) is 56.5 Å². The number of nitrogens with zero attached hydrogens (tertiary/aromatic N) is 1. The maximum absolute atomic E-state index is 12.9. The van der Waals surface area contributed by atoms with E-state index >= 15 is 0 Å². The van der Waals surface area contributed by atoms with Gasteiger partial charge in [-0.3, -0.25) is 4.79 Å². The molecule has 0 amide bonds. The van der Waals surface area contributed by atoms with Gasteiger partial charge in [-0.15, -0.1) is 0 Å². The third kappa shape index (κ3) is 5.94. The summed E-state index contributed by atoms with van der Waals surface area (Å²) >= 11 is 0. The molecule has 1 heterocycles. The van der Waals surface area contributed by atoms with E-state index in [9.17, 15) is 26.8 Å². The van der Waals surface area contributed by atoms with Gasteiger partial charge < -0.3 is 9.47 Å². The molecule has 0 unspecified atom stereocenters. The van der Waals surface area contributed by atoms with Crippen molar-refractivity contribution in [1.82, 2.24) is 4.31 Å². The molecule has 178 valence electrons. The van der Waals surface area contributed by atoms with Crippen LogP contribution in [0, 0.1) is 13.8 Å². The van der Waals surface area contributed by atoms with Crippen LogP contribution in [0.4, 0.5) is 8.78 Å². The van der Waals surface area contributed by atoms with E-state index in [1.54, 1.807) is 13.8 Å². The van der Waals surface area contributed by atoms with Gasteiger partial charge in [-0.2, -0.15) is 13.1 Å². The van der Waals surface area contributed by atoms with E-state index < -0.39 is 35.0 Å². The van der Waals surface area contributed by atoms with Crippen LogP contribution in [0.25, 0.3) is 0 Å². The van der Waals surface area contributed by atoms with Gasteiger partial charge in [0.15, 0.2) is 6.61 Å². The molecule has 1 aliphatic rings. The Kier molecular flexibility index (Phi) is 7.80. The number of aryl methyl sites for hydroxylation is 2. The molecule has 0 atom stereocenters. The zero-order valence-corrected chi connectivity index (χ0v) is 19.2. The third-order valence-electron chi connectivity index (χ3n) is 5.37. The predicted octanol–water partition coefficient (Wildman–Crippen LogP) is 4.12. The van der Waals surface area contributed by atoms with Crippen molar-refractivity contribution < 1.29 is 36.3 Å². The number of hydrogen-bond acceptors (Lipinski definition) is 6. The SMILES string of the molecule is Cc1ccc(OC(F)F)c(C(=O)COC(=O)c2cc(S(=O)(=O)N3CCCCC3)ccc2C)c1. The fraction of sp³-hybridized carbons (Fsp3) is 0.391. The van der Waals surface area contributed by atoms with Crippen molar-refractivity contribution in [2.75, 3.05) is 19.7 Å². The summed E-state index contributed by atoms with van der Waals surface area (Å²) in [5.41, 5.74) is 0.982. The van der Waals surface area contributed by atoms with Crippen LogP contribution in [0.5, 0.6) is 5.75 Å². The number of piperidine rings is 1. The number of hydrogen-bond donors (Lipinski definition) is 0. The van der Waals surface area contributed by atoms with Crippen molar-refractivity contribution in [3.63, 3.8) is 0 Å². The van der Waals surface area contributed by atoms with Gasteiger partial charge in [-0.1, -0.05) is 24.1 Å². The Morgan fingerprint density at radius 1 is 1.00 bits per heavy atom. The van der Waals surface area contributed by atoms with Gasteiger partial charge >= 0.3 is 12.6 Å². The van der Waals surface area contributed by atoms with Gasteiger partial charge in [0.25, 0.3) is 0 Å². The molecule has 0 N–H and O–H groups in total. The number of carbonyl (C=O) groups excluding carboxylic acids is 2. The molecule has 33 heavy (non-hydrogen) atoms. The number of ketones is 1. The molecule has 1 aliphatic heterocycles. The second-order valence-corrected chi connectivity index (χ2v) is 9.76. The van der Waals surface area contributed by atoms with Gasteiger partial charge in [0, 0.05) is 13.1 Å². The molecule has 1 fully saturated rings. The first kappa shape index (κ1) is 24.8. The highest BCUT2D eigenvalue weighted by Crippen LogP contribution is 2.25. The molecule has 0 saturated carbocycles. The summed E-state index contributed by atoms with van der Waals surface area (Å²) < 4.78 is 62.0. The van der Waals surface area contributed by atoms with Crippen molar-refractivity contribution in [2.24, 2.45) is 0 Å². The summed E-state index contributed by atoms with van der Waals surface area (Å²) in [5.74, 6) is -1.93. The van der Waals surface area contributed by atoms with Crippen LogP contribution in [0.2, 0.25) is 0 Å². The molecule has 1 saturated heterocycles. The lowest BCUT2D eigenvalue weighted by molar-refractivity contribution is -0.0502. The number of alkyl halides is 2. The second kappa shape index (κ2) is 10.4. The van der Waals surface area contributed by atoms with Crippen molar-refractivity contribution in [2.45, 2.75) is 44.6 Å². The number of halogens is 2. The molecule has 3 rings (SSSR count). The van der Waals surface area contributed by atoms with Crippen LogP contribution in [0.3, 0.4) is 0 Å². The van der Waals surface area contributed by atoms with E-state index in [-0.39, 0.29) is 21.8 Å². The van der Waals surface area contributed by atoms with Gasteiger partial charge in [-0.25, -0.2) is 13.2 Å². The number of benzene rings is 2. The summed E-state index contributed by atoms with van der Waals surface area (Å²) in [7, 11) is -3.76. The molecule has 10 heteroatoms.